The Morgan fingerprint density at radius 2 is 1.75 bits per heavy atom. The number of amides is 1. The van der Waals surface area contributed by atoms with Crippen LogP contribution >= 0.6 is 0 Å². The van der Waals surface area contributed by atoms with Crippen LogP contribution in [-0.2, 0) is 14.8 Å². The highest BCUT2D eigenvalue weighted by Gasteiger charge is 2.24. The molecule has 0 radical (unpaired) electrons. The van der Waals surface area contributed by atoms with Gasteiger partial charge in [-0.2, -0.15) is 0 Å². The average molecular weight is 410 g/mol. The number of carbonyl (C=O) groups excluding carboxylic acids is 1. The second-order valence-corrected chi connectivity index (χ2v) is 8.08. The molecule has 0 aliphatic rings. The molecule has 9 heteroatoms. The van der Waals surface area contributed by atoms with Crippen molar-refractivity contribution < 1.29 is 27.1 Å². The average Bonchev–Trinajstić information content (AvgIpc) is 2.65. The number of carbonyl (C=O) groups is 1. The number of hydrogen-bond donors (Lipinski definition) is 1. The zero-order valence-corrected chi connectivity index (χ0v) is 16.7. The minimum absolute atomic E-state index is 0.177. The molecule has 1 atom stereocenters. The summed E-state index contributed by atoms with van der Waals surface area (Å²) in [6.45, 7) is 1.36. The number of benzene rings is 2. The molecule has 0 saturated heterocycles. The van der Waals surface area contributed by atoms with Gasteiger partial charge >= 0.3 is 0 Å². The van der Waals surface area contributed by atoms with E-state index in [1.165, 1.54) is 18.2 Å². The molecule has 0 saturated carbocycles. The van der Waals surface area contributed by atoms with Crippen molar-refractivity contribution in [2.24, 2.45) is 0 Å². The first kappa shape index (κ1) is 21.5. The van der Waals surface area contributed by atoms with E-state index in [-0.39, 0.29) is 12.3 Å². The van der Waals surface area contributed by atoms with Gasteiger partial charge in [-0.1, -0.05) is 12.1 Å². The lowest BCUT2D eigenvalue weighted by Crippen LogP contribution is -2.45. The number of nitrogens with zero attached hydrogens (tertiary/aromatic N) is 1. The number of hydrogen-bond acceptors (Lipinski definition) is 5. The van der Waals surface area contributed by atoms with Gasteiger partial charge in [0.25, 0.3) is 0 Å². The predicted octanol–water partition coefficient (Wildman–Crippen LogP) is 2.18. The number of halogens is 1. The molecule has 1 N–H and O–H groups in total. The Hall–Kier alpha value is -2.81. The smallest absolute Gasteiger partial charge is 0.241 e. The molecule has 2 aromatic carbocycles. The zero-order valence-electron chi connectivity index (χ0n) is 15.9. The van der Waals surface area contributed by atoms with Crippen LogP contribution in [0.25, 0.3) is 0 Å². The minimum atomic E-state index is -3.84. The molecule has 0 aromatic heterocycles. The largest absolute Gasteiger partial charge is 0.497 e. The van der Waals surface area contributed by atoms with Crippen LogP contribution in [0.3, 0.4) is 0 Å². The van der Waals surface area contributed by atoms with E-state index < -0.39 is 34.3 Å². The van der Waals surface area contributed by atoms with Gasteiger partial charge in [0.1, 0.15) is 30.5 Å². The zero-order chi connectivity index (χ0) is 20.7. The van der Waals surface area contributed by atoms with Crippen molar-refractivity contribution in [1.29, 1.82) is 0 Å². The lowest BCUT2D eigenvalue weighted by atomic mass is 10.3. The summed E-state index contributed by atoms with van der Waals surface area (Å²) in [6.07, 6.45) is 0.920. The topological polar surface area (TPSA) is 84.9 Å². The van der Waals surface area contributed by atoms with E-state index in [2.05, 4.69) is 5.32 Å². The van der Waals surface area contributed by atoms with Gasteiger partial charge in [-0.3, -0.25) is 9.10 Å². The molecule has 0 fully saturated rings. The number of ether oxygens (including phenoxy) is 2. The van der Waals surface area contributed by atoms with Gasteiger partial charge < -0.3 is 14.8 Å². The van der Waals surface area contributed by atoms with Crippen molar-refractivity contribution in [2.45, 2.75) is 13.0 Å². The normalized spacial score (nSPS) is 12.1. The van der Waals surface area contributed by atoms with Crippen molar-refractivity contribution in [1.82, 2.24) is 5.32 Å². The van der Waals surface area contributed by atoms with Gasteiger partial charge in [-0.05, 0) is 43.3 Å². The molecular formula is C19H23FN2O5S. The summed E-state index contributed by atoms with van der Waals surface area (Å²) >= 11 is 0. The lowest BCUT2D eigenvalue weighted by Gasteiger charge is -2.23. The summed E-state index contributed by atoms with van der Waals surface area (Å²) in [6, 6.07) is 12.0. The van der Waals surface area contributed by atoms with E-state index in [0.717, 1.165) is 16.6 Å². The Morgan fingerprint density at radius 3 is 2.32 bits per heavy atom. The molecule has 0 aliphatic heterocycles. The summed E-state index contributed by atoms with van der Waals surface area (Å²) in [5.41, 5.74) is -0.178. The van der Waals surface area contributed by atoms with Gasteiger partial charge in [0.05, 0.1) is 25.1 Å². The van der Waals surface area contributed by atoms with Gasteiger partial charge in [0.2, 0.25) is 15.9 Å². The monoisotopic (exact) mass is 410 g/mol. The van der Waals surface area contributed by atoms with Crippen molar-refractivity contribution in [3.63, 3.8) is 0 Å². The fourth-order valence-corrected chi connectivity index (χ4v) is 3.28. The Labute approximate surface area is 164 Å². The van der Waals surface area contributed by atoms with E-state index in [0.29, 0.717) is 11.5 Å². The van der Waals surface area contributed by atoms with E-state index in [1.54, 1.807) is 38.3 Å². The minimum Gasteiger partial charge on any atom is -0.497 e. The van der Waals surface area contributed by atoms with Crippen LogP contribution < -0.4 is 19.1 Å². The molecule has 0 bridgehead atoms. The third-order valence-corrected chi connectivity index (χ3v) is 4.90. The molecule has 0 unspecified atom stereocenters. The summed E-state index contributed by atoms with van der Waals surface area (Å²) in [5.74, 6) is 0.00449. The lowest BCUT2D eigenvalue weighted by molar-refractivity contribution is -0.120. The number of anilines is 1. The summed E-state index contributed by atoms with van der Waals surface area (Å²) in [5, 5.41) is 2.65. The van der Waals surface area contributed by atoms with Crippen molar-refractivity contribution >= 4 is 21.6 Å². The number of methoxy groups -OCH3 is 1. The number of rotatable bonds is 9. The standard InChI is InChI=1S/C19H23FN2O5S/c1-14(13-27-16-10-8-15(26-2)9-11-16)21-19(23)12-22(28(3,24)25)18-7-5-4-6-17(18)20/h4-11,14H,12-13H2,1-3H3,(H,21,23)/t14-/m1/s1. The Balaban J connectivity index is 1.95. The van der Waals surface area contributed by atoms with Crippen molar-refractivity contribution in [2.75, 3.05) is 30.8 Å². The Morgan fingerprint density at radius 1 is 1.14 bits per heavy atom. The molecule has 152 valence electrons. The maximum absolute atomic E-state index is 14.0. The maximum atomic E-state index is 14.0. The van der Waals surface area contributed by atoms with Gasteiger partial charge in [0, 0.05) is 0 Å². The van der Waals surface area contributed by atoms with Crippen LogP contribution in [0, 0.1) is 5.82 Å². The highest BCUT2D eigenvalue weighted by atomic mass is 32.2. The first-order valence-electron chi connectivity index (χ1n) is 8.49. The third-order valence-electron chi connectivity index (χ3n) is 3.78. The molecule has 7 nitrogen and oxygen atoms in total. The molecule has 28 heavy (non-hydrogen) atoms. The van der Waals surface area contributed by atoms with Crippen LogP contribution in [0.4, 0.5) is 10.1 Å². The Bertz CT molecular complexity index is 903. The van der Waals surface area contributed by atoms with E-state index in [9.17, 15) is 17.6 Å². The van der Waals surface area contributed by atoms with Crippen molar-refractivity contribution in [3.8, 4) is 11.5 Å². The fraction of sp³-hybridized carbons (Fsp3) is 0.316. The number of para-hydroxylation sites is 1. The van der Waals surface area contributed by atoms with Gasteiger partial charge in [-0.15, -0.1) is 0 Å². The molecule has 0 aliphatic carbocycles. The molecular weight excluding hydrogens is 387 g/mol. The van der Waals surface area contributed by atoms with Crippen LogP contribution in [0.15, 0.2) is 48.5 Å². The van der Waals surface area contributed by atoms with E-state index in [1.807, 2.05) is 0 Å². The quantitative estimate of drug-likeness (QED) is 0.685. The SMILES string of the molecule is COc1ccc(OC[C@@H](C)NC(=O)CN(c2ccccc2F)S(C)(=O)=O)cc1. The molecule has 0 spiro atoms. The number of sulfonamides is 1. The Kier molecular flexibility index (Phi) is 7.22. The maximum Gasteiger partial charge on any atom is 0.241 e. The highest BCUT2D eigenvalue weighted by molar-refractivity contribution is 7.92. The fourth-order valence-electron chi connectivity index (χ4n) is 2.42. The summed E-state index contributed by atoms with van der Waals surface area (Å²) in [4.78, 5) is 12.3. The summed E-state index contributed by atoms with van der Waals surface area (Å²) in [7, 11) is -2.28. The second kappa shape index (κ2) is 9.41. The van der Waals surface area contributed by atoms with Crippen molar-refractivity contribution in [3.05, 3.63) is 54.3 Å². The van der Waals surface area contributed by atoms with Crippen LogP contribution in [0.1, 0.15) is 6.92 Å². The van der Waals surface area contributed by atoms with Gasteiger partial charge in [0.15, 0.2) is 0 Å². The summed E-state index contributed by atoms with van der Waals surface area (Å²) < 4.78 is 49.4. The van der Waals surface area contributed by atoms with Crippen LogP contribution in [-0.4, -0.2) is 46.9 Å². The van der Waals surface area contributed by atoms with E-state index in [4.69, 9.17) is 9.47 Å². The number of nitrogens with one attached hydrogen (secondary N) is 1. The first-order chi connectivity index (χ1) is 13.2. The van der Waals surface area contributed by atoms with Crippen LogP contribution in [0.2, 0.25) is 0 Å². The predicted molar refractivity (Wildman–Crippen MR) is 105 cm³/mol. The third kappa shape index (κ3) is 6.12. The highest BCUT2D eigenvalue weighted by Crippen LogP contribution is 2.21. The molecule has 1 amide bonds. The van der Waals surface area contributed by atoms with Gasteiger partial charge in [-0.25, -0.2) is 12.8 Å². The molecule has 2 rings (SSSR count). The first-order valence-corrected chi connectivity index (χ1v) is 10.3. The molecule has 2 aromatic rings. The molecule has 0 heterocycles. The van der Waals surface area contributed by atoms with Crippen LogP contribution in [0.5, 0.6) is 11.5 Å². The second-order valence-electron chi connectivity index (χ2n) is 6.18. The van der Waals surface area contributed by atoms with E-state index >= 15 is 0 Å².